The average Bonchev–Trinajstić information content (AvgIpc) is 1.83. The molecule has 0 spiro atoms. The van der Waals surface area contributed by atoms with Gasteiger partial charge in [0, 0.05) is 5.70 Å². The Morgan fingerprint density at radius 1 is 1.56 bits per heavy atom. The molecule has 0 saturated carbocycles. The lowest BCUT2D eigenvalue weighted by atomic mass is 10.4. The van der Waals surface area contributed by atoms with Crippen molar-refractivity contribution in [1.82, 2.24) is 5.32 Å². The third-order valence-corrected chi connectivity index (χ3v) is 0.766. The van der Waals surface area contributed by atoms with Crippen molar-refractivity contribution in [3.63, 3.8) is 0 Å². The van der Waals surface area contributed by atoms with Gasteiger partial charge in [0.05, 0.1) is 6.54 Å². The van der Waals surface area contributed by atoms with E-state index < -0.39 is 0 Å². The Morgan fingerprint density at radius 3 is 2.44 bits per heavy atom. The lowest BCUT2D eigenvalue weighted by Crippen LogP contribution is -2.13. The summed E-state index contributed by atoms with van der Waals surface area (Å²) < 4.78 is 0. The SMILES string of the molecule is C=CC(=C)NCC(=C)O. The van der Waals surface area contributed by atoms with Crippen molar-refractivity contribution < 1.29 is 5.11 Å². The molecule has 0 aliphatic rings. The number of aliphatic hydroxyl groups excluding tert-OH is 1. The number of allylic oxidation sites excluding steroid dienone is 1. The Labute approximate surface area is 55.2 Å². The average molecular weight is 125 g/mol. The predicted octanol–water partition coefficient (Wildman–Crippen LogP) is 1.35. The molecule has 0 aromatic heterocycles. The molecule has 2 N–H and O–H groups in total. The van der Waals surface area contributed by atoms with Crippen LogP contribution in [0.2, 0.25) is 0 Å². The maximum Gasteiger partial charge on any atom is 0.104 e. The minimum atomic E-state index is 0.0954. The highest BCUT2D eigenvalue weighted by Gasteiger charge is 1.86. The Hall–Kier alpha value is -1.18. The van der Waals surface area contributed by atoms with Crippen LogP contribution in [0.1, 0.15) is 0 Å². The number of hydrogen-bond donors (Lipinski definition) is 2. The molecule has 2 nitrogen and oxygen atoms in total. The molecule has 0 saturated heterocycles. The predicted molar refractivity (Wildman–Crippen MR) is 39.1 cm³/mol. The van der Waals surface area contributed by atoms with Crippen LogP contribution in [0, 0.1) is 0 Å². The topological polar surface area (TPSA) is 32.3 Å². The summed E-state index contributed by atoms with van der Waals surface area (Å²) in [7, 11) is 0. The van der Waals surface area contributed by atoms with Crippen LogP contribution < -0.4 is 5.32 Å². The van der Waals surface area contributed by atoms with Gasteiger partial charge in [0.15, 0.2) is 0 Å². The first-order valence-corrected chi connectivity index (χ1v) is 2.58. The van der Waals surface area contributed by atoms with E-state index in [2.05, 4.69) is 25.1 Å². The van der Waals surface area contributed by atoms with E-state index in [-0.39, 0.29) is 5.76 Å². The molecule has 0 fully saturated rings. The molecule has 0 heterocycles. The van der Waals surface area contributed by atoms with E-state index in [0.29, 0.717) is 12.2 Å². The van der Waals surface area contributed by atoms with Gasteiger partial charge >= 0.3 is 0 Å². The fourth-order valence-corrected chi connectivity index (χ4v) is 0.288. The van der Waals surface area contributed by atoms with Crippen LogP contribution in [0.3, 0.4) is 0 Å². The summed E-state index contributed by atoms with van der Waals surface area (Å²) in [6.45, 7) is 10.6. The molecule has 0 unspecified atom stereocenters. The molecule has 0 aromatic carbocycles. The summed E-state index contributed by atoms with van der Waals surface area (Å²) in [6, 6.07) is 0. The number of rotatable bonds is 4. The summed E-state index contributed by atoms with van der Waals surface area (Å²) in [5.74, 6) is 0.0954. The summed E-state index contributed by atoms with van der Waals surface area (Å²) in [6.07, 6.45) is 1.57. The minimum absolute atomic E-state index is 0.0954. The van der Waals surface area contributed by atoms with Crippen molar-refractivity contribution in [2.45, 2.75) is 0 Å². The van der Waals surface area contributed by atoms with Gasteiger partial charge in [0.25, 0.3) is 0 Å². The standard InChI is InChI=1S/C7H11NO/c1-4-6(2)8-5-7(3)9/h4,8-9H,1-3,5H2. The van der Waals surface area contributed by atoms with E-state index in [1.165, 1.54) is 0 Å². The van der Waals surface area contributed by atoms with Gasteiger partial charge in [-0.05, 0) is 6.08 Å². The summed E-state index contributed by atoms with van der Waals surface area (Å²) in [5, 5.41) is 11.3. The molecular weight excluding hydrogens is 114 g/mol. The first-order chi connectivity index (χ1) is 4.16. The van der Waals surface area contributed by atoms with Gasteiger partial charge in [-0.3, -0.25) is 0 Å². The second kappa shape index (κ2) is 3.78. The van der Waals surface area contributed by atoms with E-state index in [9.17, 15) is 0 Å². The van der Waals surface area contributed by atoms with Crippen molar-refractivity contribution in [3.8, 4) is 0 Å². The van der Waals surface area contributed by atoms with Crippen LogP contribution in [0.25, 0.3) is 0 Å². The quantitative estimate of drug-likeness (QED) is 0.439. The Kier molecular flexibility index (Phi) is 3.28. The maximum absolute atomic E-state index is 8.56. The largest absolute Gasteiger partial charge is 0.511 e. The van der Waals surface area contributed by atoms with Crippen LogP contribution in [0.15, 0.2) is 37.3 Å². The number of nitrogens with one attached hydrogen (secondary N) is 1. The Bertz CT molecular complexity index is 138. The highest BCUT2D eigenvalue weighted by atomic mass is 16.3. The van der Waals surface area contributed by atoms with Gasteiger partial charge in [-0.25, -0.2) is 0 Å². The van der Waals surface area contributed by atoms with Gasteiger partial charge in [0.1, 0.15) is 5.76 Å². The molecule has 0 radical (unpaired) electrons. The molecule has 0 aromatic rings. The fraction of sp³-hybridized carbons (Fsp3) is 0.143. The van der Waals surface area contributed by atoms with Crippen LogP contribution >= 0.6 is 0 Å². The molecule has 50 valence electrons. The normalized spacial score (nSPS) is 8.00. The molecule has 0 aliphatic heterocycles. The first-order valence-electron chi connectivity index (χ1n) is 2.58. The van der Waals surface area contributed by atoms with Gasteiger partial charge < -0.3 is 10.4 Å². The van der Waals surface area contributed by atoms with E-state index in [1.54, 1.807) is 6.08 Å². The lowest BCUT2D eigenvalue weighted by molar-refractivity contribution is 0.398. The van der Waals surface area contributed by atoms with E-state index in [4.69, 9.17) is 5.11 Å². The van der Waals surface area contributed by atoms with Crippen molar-refractivity contribution in [1.29, 1.82) is 0 Å². The molecule has 0 atom stereocenters. The zero-order valence-electron chi connectivity index (χ0n) is 5.35. The zero-order chi connectivity index (χ0) is 7.28. The van der Waals surface area contributed by atoms with Crippen LogP contribution in [-0.2, 0) is 0 Å². The molecular formula is C7H11NO. The van der Waals surface area contributed by atoms with E-state index >= 15 is 0 Å². The van der Waals surface area contributed by atoms with Crippen molar-refractivity contribution >= 4 is 0 Å². The second-order valence-electron chi connectivity index (χ2n) is 1.65. The maximum atomic E-state index is 8.56. The molecule has 0 aliphatic carbocycles. The molecule has 0 bridgehead atoms. The second-order valence-corrected chi connectivity index (χ2v) is 1.65. The first kappa shape index (κ1) is 7.82. The van der Waals surface area contributed by atoms with Crippen molar-refractivity contribution in [3.05, 3.63) is 37.3 Å². The van der Waals surface area contributed by atoms with E-state index in [1.807, 2.05) is 0 Å². The number of aliphatic hydroxyl groups is 1. The van der Waals surface area contributed by atoms with Gasteiger partial charge in [-0.1, -0.05) is 19.7 Å². The fourth-order valence-electron chi connectivity index (χ4n) is 0.288. The lowest BCUT2D eigenvalue weighted by Gasteiger charge is -2.01. The summed E-state index contributed by atoms with van der Waals surface area (Å²) >= 11 is 0. The van der Waals surface area contributed by atoms with Gasteiger partial charge in [0.2, 0.25) is 0 Å². The van der Waals surface area contributed by atoms with E-state index in [0.717, 1.165) is 0 Å². The molecule has 0 rings (SSSR count). The van der Waals surface area contributed by atoms with Crippen LogP contribution in [-0.4, -0.2) is 11.7 Å². The van der Waals surface area contributed by atoms with Crippen LogP contribution in [0.5, 0.6) is 0 Å². The highest BCUT2D eigenvalue weighted by molar-refractivity contribution is 5.09. The Morgan fingerprint density at radius 2 is 2.11 bits per heavy atom. The van der Waals surface area contributed by atoms with Gasteiger partial charge in [-0.15, -0.1) is 0 Å². The zero-order valence-corrected chi connectivity index (χ0v) is 5.35. The van der Waals surface area contributed by atoms with Crippen LogP contribution in [0.4, 0.5) is 0 Å². The summed E-state index contributed by atoms with van der Waals surface area (Å²) in [5.41, 5.74) is 0.685. The Balaban J connectivity index is 3.39. The molecule has 2 heteroatoms. The van der Waals surface area contributed by atoms with Crippen molar-refractivity contribution in [2.75, 3.05) is 6.54 Å². The smallest absolute Gasteiger partial charge is 0.104 e. The third-order valence-electron chi connectivity index (χ3n) is 0.766. The molecule has 0 amide bonds. The monoisotopic (exact) mass is 125 g/mol. The van der Waals surface area contributed by atoms with Crippen molar-refractivity contribution in [2.24, 2.45) is 0 Å². The molecule has 9 heavy (non-hydrogen) atoms. The summed E-state index contributed by atoms with van der Waals surface area (Å²) in [4.78, 5) is 0. The third kappa shape index (κ3) is 4.68. The minimum Gasteiger partial charge on any atom is -0.511 e. The number of hydrogen-bond acceptors (Lipinski definition) is 2. The highest BCUT2D eigenvalue weighted by Crippen LogP contribution is 1.84. The van der Waals surface area contributed by atoms with Gasteiger partial charge in [-0.2, -0.15) is 0 Å².